The van der Waals surface area contributed by atoms with Crippen LogP contribution in [0.2, 0.25) is 5.02 Å². The highest BCUT2D eigenvalue weighted by Crippen LogP contribution is 2.28. The maximum atomic E-state index is 12.4. The molecule has 1 aliphatic carbocycles. The summed E-state index contributed by atoms with van der Waals surface area (Å²) in [7, 11) is 1.52. The number of urea groups is 1. The van der Waals surface area contributed by atoms with E-state index in [1.165, 1.54) is 7.11 Å². The summed E-state index contributed by atoms with van der Waals surface area (Å²) in [5.41, 5.74) is 1.17. The molecule has 3 rings (SSSR count). The van der Waals surface area contributed by atoms with Crippen molar-refractivity contribution in [3.63, 3.8) is 0 Å². The van der Waals surface area contributed by atoms with Crippen molar-refractivity contribution in [3.05, 3.63) is 53.6 Å². The third kappa shape index (κ3) is 6.29. The van der Waals surface area contributed by atoms with Gasteiger partial charge in [-0.2, -0.15) is 0 Å². The van der Waals surface area contributed by atoms with Crippen LogP contribution in [-0.4, -0.2) is 31.4 Å². The second-order valence-electron chi connectivity index (χ2n) is 6.82. The highest BCUT2D eigenvalue weighted by molar-refractivity contribution is 6.31. The monoisotopic (exact) mass is 417 g/mol. The topological polar surface area (TPSA) is 88.7 Å². The first kappa shape index (κ1) is 20.8. The van der Waals surface area contributed by atoms with Crippen molar-refractivity contribution in [2.24, 2.45) is 0 Å². The van der Waals surface area contributed by atoms with Gasteiger partial charge in [0.2, 0.25) is 0 Å². The van der Waals surface area contributed by atoms with E-state index in [1.54, 1.807) is 30.3 Å². The van der Waals surface area contributed by atoms with E-state index in [0.717, 1.165) is 19.3 Å². The molecule has 0 heterocycles. The summed E-state index contributed by atoms with van der Waals surface area (Å²) < 4.78 is 10.8. The van der Waals surface area contributed by atoms with Gasteiger partial charge in [-0.1, -0.05) is 29.8 Å². The fourth-order valence-corrected chi connectivity index (χ4v) is 3.50. The van der Waals surface area contributed by atoms with Crippen LogP contribution < -0.4 is 20.7 Å². The Bertz CT molecular complexity index is 847. The SMILES string of the molecule is COc1ccc(Cl)cc1NC(=O)N[C@@H]1CCC[C@@H](OC(=O)Nc2ccccc2)C1. The van der Waals surface area contributed by atoms with Gasteiger partial charge >= 0.3 is 12.1 Å². The third-order valence-electron chi connectivity index (χ3n) is 4.66. The number of ether oxygens (including phenoxy) is 2. The van der Waals surface area contributed by atoms with Crippen molar-refractivity contribution in [1.82, 2.24) is 5.32 Å². The molecule has 0 radical (unpaired) electrons. The first-order valence-electron chi connectivity index (χ1n) is 9.47. The largest absolute Gasteiger partial charge is 0.495 e. The van der Waals surface area contributed by atoms with Gasteiger partial charge in [-0.05, 0) is 49.6 Å². The van der Waals surface area contributed by atoms with Crippen molar-refractivity contribution in [1.29, 1.82) is 0 Å². The summed E-state index contributed by atoms with van der Waals surface area (Å²) in [4.78, 5) is 24.5. The molecule has 0 unspecified atom stereocenters. The molecular formula is C21H24ClN3O4. The molecule has 2 aromatic rings. The van der Waals surface area contributed by atoms with Crippen molar-refractivity contribution in [2.75, 3.05) is 17.7 Å². The van der Waals surface area contributed by atoms with Crippen molar-refractivity contribution >= 4 is 35.1 Å². The van der Waals surface area contributed by atoms with Gasteiger partial charge in [-0.25, -0.2) is 9.59 Å². The molecule has 1 fully saturated rings. The van der Waals surface area contributed by atoms with Crippen LogP contribution in [0, 0.1) is 0 Å². The number of carbonyl (C=O) groups is 2. The molecule has 8 heteroatoms. The molecule has 0 aromatic heterocycles. The summed E-state index contributed by atoms with van der Waals surface area (Å²) >= 11 is 5.99. The maximum Gasteiger partial charge on any atom is 0.411 e. The van der Waals surface area contributed by atoms with Crippen LogP contribution in [0.15, 0.2) is 48.5 Å². The minimum absolute atomic E-state index is 0.0940. The quantitative estimate of drug-likeness (QED) is 0.636. The predicted octanol–water partition coefficient (Wildman–Crippen LogP) is 5.03. The zero-order chi connectivity index (χ0) is 20.6. The molecule has 3 N–H and O–H groups in total. The fraction of sp³-hybridized carbons (Fsp3) is 0.333. The molecule has 0 aliphatic heterocycles. The Morgan fingerprint density at radius 1 is 1.07 bits per heavy atom. The molecule has 3 amide bonds. The van der Waals surface area contributed by atoms with E-state index in [0.29, 0.717) is 28.6 Å². The molecule has 2 atom stereocenters. The van der Waals surface area contributed by atoms with E-state index in [9.17, 15) is 9.59 Å². The Kier molecular flexibility index (Phi) is 7.19. The van der Waals surface area contributed by atoms with Crippen LogP contribution in [0.25, 0.3) is 0 Å². The lowest BCUT2D eigenvalue weighted by atomic mass is 9.93. The number of halogens is 1. The Labute approximate surface area is 174 Å². The molecule has 29 heavy (non-hydrogen) atoms. The lowest BCUT2D eigenvalue weighted by Gasteiger charge is -2.29. The zero-order valence-corrected chi connectivity index (χ0v) is 16.9. The van der Waals surface area contributed by atoms with E-state index in [1.807, 2.05) is 18.2 Å². The summed E-state index contributed by atoms with van der Waals surface area (Å²) in [6.45, 7) is 0. The van der Waals surface area contributed by atoms with Crippen LogP contribution in [0.4, 0.5) is 21.0 Å². The Hall–Kier alpha value is -2.93. The number of anilines is 2. The highest BCUT2D eigenvalue weighted by Gasteiger charge is 2.26. The number of hydrogen-bond acceptors (Lipinski definition) is 4. The average molecular weight is 418 g/mol. The predicted molar refractivity (Wildman–Crippen MR) is 113 cm³/mol. The fourth-order valence-electron chi connectivity index (χ4n) is 3.32. The van der Waals surface area contributed by atoms with Crippen LogP contribution in [0.1, 0.15) is 25.7 Å². The Balaban J connectivity index is 1.49. The van der Waals surface area contributed by atoms with Gasteiger partial charge in [-0.15, -0.1) is 0 Å². The lowest BCUT2D eigenvalue weighted by molar-refractivity contribution is 0.0779. The van der Waals surface area contributed by atoms with E-state index in [-0.39, 0.29) is 18.2 Å². The number of methoxy groups -OCH3 is 1. The van der Waals surface area contributed by atoms with Gasteiger partial charge in [0, 0.05) is 23.2 Å². The molecule has 1 aliphatic rings. The van der Waals surface area contributed by atoms with Crippen molar-refractivity contribution < 1.29 is 19.1 Å². The molecule has 0 bridgehead atoms. The normalized spacial score (nSPS) is 18.4. The Morgan fingerprint density at radius 2 is 1.86 bits per heavy atom. The number of carbonyl (C=O) groups excluding carboxylic acids is 2. The standard InChI is InChI=1S/C21H24ClN3O4/c1-28-19-11-10-14(22)12-18(19)25-20(26)23-16-8-5-9-17(13-16)29-21(27)24-15-6-3-2-4-7-15/h2-4,6-7,10-12,16-17H,5,8-9,13H2,1H3,(H,24,27)(H2,23,25,26)/t16-,17-/m1/s1. The number of nitrogens with one attached hydrogen (secondary N) is 3. The molecular weight excluding hydrogens is 394 g/mol. The number of hydrogen-bond donors (Lipinski definition) is 3. The van der Waals surface area contributed by atoms with E-state index >= 15 is 0 Å². The highest BCUT2D eigenvalue weighted by atomic mass is 35.5. The second-order valence-corrected chi connectivity index (χ2v) is 7.26. The summed E-state index contributed by atoms with van der Waals surface area (Å²) in [6, 6.07) is 13.7. The van der Waals surface area contributed by atoms with Crippen molar-refractivity contribution in [2.45, 2.75) is 37.8 Å². The van der Waals surface area contributed by atoms with Gasteiger partial charge < -0.3 is 20.1 Å². The van der Waals surface area contributed by atoms with E-state index in [4.69, 9.17) is 21.1 Å². The summed E-state index contributed by atoms with van der Waals surface area (Å²) in [5, 5.41) is 8.89. The lowest BCUT2D eigenvalue weighted by Crippen LogP contribution is -2.43. The summed E-state index contributed by atoms with van der Waals surface area (Å²) in [6.07, 6.45) is 2.26. The van der Waals surface area contributed by atoms with Gasteiger partial charge in [-0.3, -0.25) is 5.32 Å². The first-order chi connectivity index (χ1) is 14.0. The molecule has 1 saturated carbocycles. The number of para-hydroxylation sites is 1. The van der Waals surface area contributed by atoms with Crippen LogP contribution in [0.3, 0.4) is 0 Å². The zero-order valence-electron chi connectivity index (χ0n) is 16.1. The Morgan fingerprint density at radius 3 is 2.62 bits per heavy atom. The first-order valence-corrected chi connectivity index (χ1v) is 9.85. The van der Waals surface area contributed by atoms with E-state index < -0.39 is 6.09 Å². The number of rotatable bonds is 5. The minimum atomic E-state index is -0.491. The molecule has 2 aromatic carbocycles. The molecule has 154 valence electrons. The van der Waals surface area contributed by atoms with E-state index in [2.05, 4.69) is 16.0 Å². The van der Waals surface area contributed by atoms with Crippen LogP contribution >= 0.6 is 11.6 Å². The van der Waals surface area contributed by atoms with Gasteiger partial charge in [0.1, 0.15) is 11.9 Å². The smallest absolute Gasteiger partial charge is 0.411 e. The van der Waals surface area contributed by atoms with Gasteiger partial charge in [0.25, 0.3) is 0 Å². The van der Waals surface area contributed by atoms with Crippen molar-refractivity contribution in [3.8, 4) is 5.75 Å². The average Bonchev–Trinajstić information content (AvgIpc) is 2.69. The van der Waals surface area contributed by atoms with Gasteiger partial charge in [0.15, 0.2) is 0 Å². The summed E-state index contributed by atoms with van der Waals surface area (Å²) in [5.74, 6) is 0.520. The maximum absolute atomic E-state index is 12.4. The van der Waals surface area contributed by atoms with Crippen LogP contribution in [0.5, 0.6) is 5.75 Å². The molecule has 0 saturated heterocycles. The number of amides is 3. The number of benzene rings is 2. The molecule has 0 spiro atoms. The van der Waals surface area contributed by atoms with Crippen LogP contribution in [-0.2, 0) is 4.74 Å². The third-order valence-corrected chi connectivity index (χ3v) is 4.90. The minimum Gasteiger partial charge on any atom is -0.495 e. The van der Waals surface area contributed by atoms with Gasteiger partial charge in [0.05, 0.1) is 12.8 Å². The second kappa shape index (κ2) is 10.0. The molecule has 7 nitrogen and oxygen atoms in total.